The van der Waals surface area contributed by atoms with Crippen molar-refractivity contribution in [2.45, 2.75) is 85.9 Å². The lowest BCUT2D eigenvalue weighted by Crippen LogP contribution is -2.55. The van der Waals surface area contributed by atoms with Gasteiger partial charge in [-0.05, 0) is 83.4 Å². The molecule has 11 nitrogen and oxygen atoms in total. The second-order valence-electron chi connectivity index (χ2n) is 14.5. The first-order chi connectivity index (χ1) is 25.3. The number of pyridine rings is 1. The molecule has 0 saturated heterocycles. The van der Waals surface area contributed by atoms with Gasteiger partial charge < -0.3 is 35.1 Å². The Morgan fingerprint density at radius 3 is 2.13 bits per heavy atom. The fourth-order valence-corrected chi connectivity index (χ4v) is 5.72. The highest BCUT2D eigenvalue weighted by Crippen LogP contribution is 2.23. The zero-order valence-electron chi connectivity index (χ0n) is 32.1. The summed E-state index contributed by atoms with van der Waals surface area (Å²) in [7, 11) is 0. The van der Waals surface area contributed by atoms with Gasteiger partial charge >= 0.3 is 6.03 Å². The minimum atomic E-state index is -1.06. The second kappa shape index (κ2) is 19.2. The van der Waals surface area contributed by atoms with Crippen molar-refractivity contribution in [1.82, 2.24) is 25.8 Å². The van der Waals surface area contributed by atoms with Crippen LogP contribution in [0.4, 0.5) is 4.79 Å². The summed E-state index contributed by atoms with van der Waals surface area (Å²) in [5.41, 5.74) is 1.99. The Hall–Kier alpha value is -5.00. The molecule has 1 atom stereocenters. The summed E-state index contributed by atoms with van der Waals surface area (Å²) in [6.07, 6.45) is 1.26. The summed E-state index contributed by atoms with van der Waals surface area (Å²) in [5.74, 6) is 0.00664. The fraction of sp³-hybridized carbons (Fsp3) is 0.429. The van der Waals surface area contributed by atoms with E-state index in [1.807, 2.05) is 120 Å². The number of carbonyl (C=O) groups excluding carboxylic acids is 3. The van der Waals surface area contributed by atoms with Crippen molar-refractivity contribution in [3.8, 4) is 5.75 Å². The molecule has 1 heterocycles. The molecule has 0 fully saturated rings. The quantitative estimate of drug-likeness (QED) is 0.101. The zero-order valence-corrected chi connectivity index (χ0v) is 32.1. The van der Waals surface area contributed by atoms with Crippen LogP contribution in [0.1, 0.15) is 65.2 Å². The van der Waals surface area contributed by atoms with Crippen molar-refractivity contribution in [1.29, 1.82) is 0 Å². The Bertz CT molecular complexity index is 1760. The largest absolute Gasteiger partial charge is 0.488 e. The number of nitrogens with zero attached hydrogens (tertiary/aromatic N) is 2. The zero-order chi connectivity index (χ0) is 38.4. The van der Waals surface area contributed by atoms with Crippen LogP contribution in [-0.4, -0.2) is 72.0 Å². The van der Waals surface area contributed by atoms with Crippen LogP contribution in [0.5, 0.6) is 5.75 Å². The molecule has 0 radical (unpaired) electrons. The van der Waals surface area contributed by atoms with Gasteiger partial charge in [-0.2, -0.15) is 0 Å². The molecule has 0 aliphatic carbocycles. The molecule has 1 aromatic heterocycles. The summed E-state index contributed by atoms with van der Waals surface area (Å²) in [4.78, 5) is 47.8. The molecule has 0 saturated carbocycles. The highest BCUT2D eigenvalue weighted by molar-refractivity contribution is 5.91. The van der Waals surface area contributed by atoms with Gasteiger partial charge in [-0.3, -0.25) is 14.6 Å². The first kappa shape index (κ1) is 40.8. The number of hydrogen-bond acceptors (Lipinski definition) is 7. The molecule has 4 rings (SSSR count). The SMILES string of the molecule is CCOC(CN(Cc1cccc2cccnc12)C(=O)C(Cc1ccc(OC(C)(C)C)cc1)NC(=O)C(C)(C)CNC(=O)NCc1ccccc1)OCC. The van der Waals surface area contributed by atoms with Gasteiger partial charge in [0, 0.05) is 50.9 Å². The molecule has 284 valence electrons. The van der Waals surface area contributed by atoms with Gasteiger partial charge in [-0.25, -0.2) is 4.79 Å². The van der Waals surface area contributed by atoms with Crippen LogP contribution < -0.4 is 20.7 Å². The molecule has 4 aromatic rings. The van der Waals surface area contributed by atoms with Gasteiger partial charge in [-0.1, -0.05) is 66.7 Å². The molecule has 4 amide bonds. The van der Waals surface area contributed by atoms with Crippen molar-refractivity contribution in [2.75, 3.05) is 26.3 Å². The number of carbonyl (C=O) groups is 3. The maximum Gasteiger partial charge on any atom is 0.315 e. The van der Waals surface area contributed by atoms with Crippen LogP contribution in [0.2, 0.25) is 0 Å². The van der Waals surface area contributed by atoms with Crippen LogP contribution in [0, 0.1) is 5.41 Å². The van der Waals surface area contributed by atoms with E-state index >= 15 is 0 Å². The Kier molecular flexibility index (Phi) is 14.8. The van der Waals surface area contributed by atoms with Gasteiger partial charge in [0.15, 0.2) is 6.29 Å². The van der Waals surface area contributed by atoms with Crippen LogP contribution in [0.15, 0.2) is 91.1 Å². The summed E-state index contributed by atoms with van der Waals surface area (Å²) >= 11 is 0. The predicted octanol–water partition coefficient (Wildman–Crippen LogP) is 6.39. The molecule has 1 unspecified atom stereocenters. The highest BCUT2D eigenvalue weighted by atomic mass is 16.7. The van der Waals surface area contributed by atoms with Gasteiger partial charge in [0.05, 0.1) is 17.5 Å². The minimum absolute atomic E-state index is 0.0430. The molecule has 0 aliphatic rings. The molecule has 0 spiro atoms. The Balaban J connectivity index is 1.60. The van der Waals surface area contributed by atoms with Gasteiger partial charge in [0.1, 0.15) is 17.4 Å². The number of para-hydroxylation sites is 1. The van der Waals surface area contributed by atoms with E-state index in [4.69, 9.17) is 14.2 Å². The van der Waals surface area contributed by atoms with E-state index in [0.29, 0.717) is 25.5 Å². The summed E-state index contributed by atoms with van der Waals surface area (Å²) in [6, 6.07) is 25.5. The number of urea groups is 1. The lowest BCUT2D eigenvalue weighted by atomic mass is 9.91. The smallest absolute Gasteiger partial charge is 0.315 e. The van der Waals surface area contributed by atoms with E-state index in [0.717, 1.165) is 27.6 Å². The molecule has 53 heavy (non-hydrogen) atoms. The number of fused-ring (bicyclic) bond motifs is 1. The highest BCUT2D eigenvalue weighted by Gasteiger charge is 2.35. The standard InChI is InChI=1S/C42H55N5O6/c1-8-51-36(52-9-2)28-47(27-33-18-13-17-32-19-14-24-43-37(32)33)38(48)35(25-30-20-22-34(23-21-30)53-41(3,4)5)46-39(49)42(6,7)29-45-40(50)44-26-31-15-11-10-12-16-31/h10-24,35-36H,8-9,25-29H2,1-7H3,(H,46,49)(H2,44,45,50). The summed E-state index contributed by atoms with van der Waals surface area (Å²) < 4.78 is 17.8. The van der Waals surface area contributed by atoms with Crippen molar-refractivity contribution in [3.63, 3.8) is 0 Å². The number of amides is 4. The number of nitrogens with one attached hydrogen (secondary N) is 3. The van der Waals surface area contributed by atoms with E-state index in [1.165, 1.54) is 0 Å². The molecular weight excluding hydrogens is 670 g/mol. The monoisotopic (exact) mass is 725 g/mol. The van der Waals surface area contributed by atoms with Crippen LogP contribution in [-0.2, 0) is 38.6 Å². The number of hydrogen-bond donors (Lipinski definition) is 3. The average Bonchev–Trinajstić information content (AvgIpc) is 3.13. The number of benzene rings is 3. The predicted molar refractivity (Wildman–Crippen MR) is 207 cm³/mol. The molecule has 11 heteroatoms. The molecule has 0 aliphatic heterocycles. The van der Waals surface area contributed by atoms with E-state index in [1.54, 1.807) is 24.9 Å². The van der Waals surface area contributed by atoms with Crippen LogP contribution >= 0.6 is 0 Å². The van der Waals surface area contributed by atoms with E-state index in [2.05, 4.69) is 20.9 Å². The third-order valence-electron chi connectivity index (χ3n) is 8.46. The molecular formula is C42H55N5O6. The fourth-order valence-electron chi connectivity index (χ4n) is 5.72. The van der Waals surface area contributed by atoms with E-state index < -0.39 is 23.8 Å². The Labute approximate surface area is 313 Å². The van der Waals surface area contributed by atoms with Crippen LogP contribution in [0.25, 0.3) is 10.9 Å². The first-order valence-electron chi connectivity index (χ1n) is 18.3. The van der Waals surface area contributed by atoms with Gasteiger partial charge in [0.2, 0.25) is 11.8 Å². The van der Waals surface area contributed by atoms with E-state index in [9.17, 15) is 14.4 Å². The van der Waals surface area contributed by atoms with Crippen molar-refractivity contribution in [2.24, 2.45) is 5.41 Å². The molecule has 3 N–H and O–H groups in total. The van der Waals surface area contributed by atoms with Crippen molar-refractivity contribution in [3.05, 3.63) is 108 Å². The first-order valence-corrected chi connectivity index (χ1v) is 18.3. The van der Waals surface area contributed by atoms with Crippen molar-refractivity contribution < 1.29 is 28.6 Å². The normalized spacial score (nSPS) is 12.3. The Morgan fingerprint density at radius 2 is 1.47 bits per heavy atom. The topological polar surface area (TPSA) is 131 Å². The number of ether oxygens (including phenoxy) is 3. The minimum Gasteiger partial charge on any atom is -0.488 e. The molecule has 3 aromatic carbocycles. The third-order valence-corrected chi connectivity index (χ3v) is 8.46. The average molecular weight is 726 g/mol. The number of aromatic nitrogens is 1. The lowest BCUT2D eigenvalue weighted by molar-refractivity contribution is -0.161. The lowest BCUT2D eigenvalue weighted by Gasteiger charge is -2.33. The third kappa shape index (κ3) is 12.9. The van der Waals surface area contributed by atoms with E-state index in [-0.39, 0.29) is 43.5 Å². The maximum atomic E-state index is 14.8. The summed E-state index contributed by atoms with van der Waals surface area (Å²) in [6.45, 7) is 14.7. The Morgan fingerprint density at radius 1 is 0.792 bits per heavy atom. The van der Waals surface area contributed by atoms with Gasteiger partial charge in [0.25, 0.3) is 0 Å². The molecule has 0 bridgehead atoms. The number of rotatable bonds is 18. The maximum absolute atomic E-state index is 14.8. The summed E-state index contributed by atoms with van der Waals surface area (Å²) in [5, 5.41) is 9.65. The second-order valence-corrected chi connectivity index (χ2v) is 14.5. The van der Waals surface area contributed by atoms with Crippen molar-refractivity contribution >= 4 is 28.7 Å². The van der Waals surface area contributed by atoms with Crippen LogP contribution in [0.3, 0.4) is 0 Å². The van der Waals surface area contributed by atoms with Gasteiger partial charge in [-0.15, -0.1) is 0 Å².